The van der Waals surface area contributed by atoms with Crippen molar-refractivity contribution < 1.29 is 24.9 Å². The summed E-state index contributed by atoms with van der Waals surface area (Å²) in [5, 5.41) is 30.1. The maximum atomic E-state index is 11.1. The lowest BCUT2D eigenvalue weighted by molar-refractivity contribution is -0.141. The summed E-state index contributed by atoms with van der Waals surface area (Å²) in [7, 11) is 0. The molecule has 1 aromatic carbocycles. The van der Waals surface area contributed by atoms with Crippen molar-refractivity contribution in [3.63, 3.8) is 0 Å². The number of esters is 1. The van der Waals surface area contributed by atoms with Gasteiger partial charge < -0.3 is 20.1 Å². The van der Waals surface area contributed by atoms with Crippen LogP contribution in [0.2, 0.25) is 0 Å². The molecule has 0 bridgehead atoms. The van der Waals surface area contributed by atoms with E-state index in [1.165, 1.54) is 6.08 Å². The fourth-order valence-electron chi connectivity index (χ4n) is 2.96. The first kappa shape index (κ1) is 20.4. The van der Waals surface area contributed by atoms with Crippen molar-refractivity contribution in [3.05, 3.63) is 60.2 Å². The van der Waals surface area contributed by atoms with E-state index < -0.39 is 18.3 Å². The van der Waals surface area contributed by atoms with Gasteiger partial charge in [-0.1, -0.05) is 42.5 Å². The van der Waals surface area contributed by atoms with Crippen LogP contribution in [0.25, 0.3) is 0 Å². The van der Waals surface area contributed by atoms with Gasteiger partial charge in [0, 0.05) is 12.5 Å². The van der Waals surface area contributed by atoms with E-state index in [1.807, 2.05) is 30.3 Å². The Morgan fingerprint density at radius 2 is 1.81 bits per heavy atom. The summed E-state index contributed by atoms with van der Waals surface area (Å²) < 4.78 is 5.09. The van der Waals surface area contributed by atoms with Crippen molar-refractivity contribution in [3.8, 4) is 0 Å². The van der Waals surface area contributed by atoms with Crippen molar-refractivity contribution in [2.75, 3.05) is 0 Å². The molecule has 1 aliphatic rings. The Labute approximate surface area is 154 Å². The molecule has 0 aromatic heterocycles. The van der Waals surface area contributed by atoms with Crippen molar-refractivity contribution >= 4 is 5.97 Å². The highest BCUT2D eigenvalue weighted by Crippen LogP contribution is 2.14. The van der Waals surface area contributed by atoms with Crippen LogP contribution >= 0.6 is 0 Å². The number of cyclic esters (lactones) is 1. The van der Waals surface area contributed by atoms with Crippen LogP contribution in [0.4, 0.5) is 0 Å². The first-order chi connectivity index (χ1) is 12.5. The third-order valence-electron chi connectivity index (χ3n) is 4.35. The first-order valence-corrected chi connectivity index (χ1v) is 9.15. The number of hydrogen-bond donors (Lipinski definition) is 3. The number of carbonyl (C=O) groups is 1. The standard InChI is InChI=1S/C21H28O5/c22-17(8-4-9-20-10-5-11-21(25)26-20)14-19(24)15-18(23)13-12-16-6-2-1-3-7-16/h1-7,9,11,17-20,22-24H,8,10,12-15H2/t17-,18-,19-,20-/m1/s1. The molecule has 0 spiro atoms. The highest BCUT2D eigenvalue weighted by atomic mass is 16.5. The summed E-state index contributed by atoms with van der Waals surface area (Å²) in [6.45, 7) is 0. The minimum atomic E-state index is -0.750. The molecule has 142 valence electrons. The molecule has 0 saturated heterocycles. The lowest BCUT2D eigenvalue weighted by Crippen LogP contribution is -2.23. The molecule has 3 N–H and O–H groups in total. The van der Waals surface area contributed by atoms with Gasteiger partial charge in [0.25, 0.3) is 0 Å². The first-order valence-electron chi connectivity index (χ1n) is 9.15. The number of carbonyl (C=O) groups excluding carboxylic acids is 1. The van der Waals surface area contributed by atoms with Gasteiger partial charge in [-0.05, 0) is 43.7 Å². The Morgan fingerprint density at radius 1 is 1.08 bits per heavy atom. The summed E-state index contributed by atoms with van der Waals surface area (Å²) in [6.07, 6.45) is 7.15. The van der Waals surface area contributed by atoms with E-state index in [4.69, 9.17) is 4.74 Å². The average molecular weight is 360 g/mol. The fraction of sp³-hybridized carbons (Fsp3) is 0.476. The summed E-state index contributed by atoms with van der Waals surface area (Å²) in [6, 6.07) is 9.90. The van der Waals surface area contributed by atoms with Crippen molar-refractivity contribution in [1.29, 1.82) is 0 Å². The highest BCUT2D eigenvalue weighted by molar-refractivity contribution is 5.82. The van der Waals surface area contributed by atoms with Crippen LogP contribution in [-0.4, -0.2) is 45.7 Å². The molecule has 0 radical (unpaired) electrons. The van der Waals surface area contributed by atoms with E-state index in [0.29, 0.717) is 19.3 Å². The number of aryl methyl sites for hydroxylation is 1. The molecule has 1 aliphatic heterocycles. The number of rotatable bonds is 10. The van der Waals surface area contributed by atoms with E-state index in [2.05, 4.69) is 0 Å². The molecule has 26 heavy (non-hydrogen) atoms. The number of hydrogen-bond acceptors (Lipinski definition) is 5. The molecule has 0 saturated carbocycles. The molecule has 0 unspecified atom stereocenters. The van der Waals surface area contributed by atoms with Gasteiger partial charge in [-0.2, -0.15) is 0 Å². The van der Waals surface area contributed by atoms with Gasteiger partial charge in [0.2, 0.25) is 0 Å². The Morgan fingerprint density at radius 3 is 2.54 bits per heavy atom. The Hall–Kier alpha value is -1.95. The smallest absolute Gasteiger partial charge is 0.331 e. The van der Waals surface area contributed by atoms with Gasteiger partial charge in [0.05, 0.1) is 18.3 Å². The molecule has 0 amide bonds. The number of aliphatic hydroxyl groups excluding tert-OH is 3. The maximum absolute atomic E-state index is 11.1. The minimum absolute atomic E-state index is 0.205. The average Bonchev–Trinajstić information content (AvgIpc) is 2.61. The Bertz CT molecular complexity index is 596. The number of benzene rings is 1. The minimum Gasteiger partial charge on any atom is -0.455 e. The zero-order valence-corrected chi connectivity index (χ0v) is 14.9. The lowest BCUT2D eigenvalue weighted by atomic mass is 9.99. The van der Waals surface area contributed by atoms with Crippen LogP contribution in [-0.2, 0) is 16.0 Å². The fourth-order valence-corrected chi connectivity index (χ4v) is 2.96. The van der Waals surface area contributed by atoms with Gasteiger partial charge in [-0.3, -0.25) is 0 Å². The van der Waals surface area contributed by atoms with Gasteiger partial charge in [0.1, 0.15) is 6.10 Å². The Kier molecular flexibility index (Phi) is 8.54. The second kappa shape index (κ2) is 10.9. The van der Waals surface area contributed by atoms with Crippen LogP contribution in [0.3, 0.4) is 0 Å². The summed E-state index contributed by atoms with van der Waals surface area (Å²) in [5.74, 6) is -0.355. The predicted molar refractivity (Wildman–Crippen MR) is 99.4 cm³/mol. The van der Waals surface area contributed by atoms with Crippen LogP contribution < -0.4 is 0 Å². The van der Waals surface area contributed by atoms with E-state index in [9.17, 15) is 20.1 Å². The van der Waals surface area contributed by atoms with Crippen molar-refractivity contribution in [2.24, 2.45) is 0 Å². The van der Waals surface area contributed by atoms with Crippen LogP contribution in [0.15, 0.2) is 54.6 Å². The molecule has 1 heterocycles. The molecule has 4 atom stereocenters. The zero-order chi connectivity index (χ0) is 18.8. The largest absolute Gasteiger partial charge is 0.455 e. The molecule has 0 aliphatic carbocycles. The molecule has 0 fully saturated rings. The van der Waals surface area contributed by atoms with E-state index in [0.717, 1.165) is 12.0 Å². The van der Waals surface area contributed by atoms with Crippen molar-refractivity contribution in [2.45, 2.75) is 62.9 Å². The third-order valence-corrected chi connectivity index (χ3v) is 4.35. The summed E-state index contributed by atoms with van der Waals surface area (Å²) in [4.78, 5) is 11.1. The molecular formula is C21H28O5. The molecule has 5 nitrogen and oxygen atoms in total. The Balaban J connectivity index is 1.62. The second-order valence-corrected chi connectivity index (χ2v) is 6.73. The number of aliphatic hydroxyl groups is 3. The summed E-state index contributed by atoms with van der Waals surface area (Å²) >= 11 is 0. The summed E-state index contributed by atoms with van der Waals surface area (Å²) in [5.41, 5.74) is 1.16. The lowest BCUT2D eigenvalue weighted by Gasteiger charge is -2.18. The molecule has 5 heteroatoms. The van der Waals surface area contributed by atoms with Gasteiger partial charge in [-0.15, -0.1) is 0 Å². The zero-order valence-electron chi connectivity index (χ0n) is 14.9. The van der Waals surface area contributed by atoms with Gasteiger partial charge >= 0.3 is 5.97 Å². The monoisotopic (exact) mass is 360 g/mol. The SMILES string of the molecule is O=C1C=CC[C@@H](C=CC[C@@H](O)C[C@@H](O)C[C@H](O)CCc2ccccc2)O1. The van der Waals surface area contributed by atoms with Gasteiger partial charge in [-0.25, -0.2) is 4.79 Å². The molecule has 1 aromatic rings. The van der Waals surface area contributed by atoms with E-state index in [-0.39, 0.29) is 24.9 Å². The highest BCUT2D eigenvalue weighted by Gasteiger charge is 2.16. The third kappa shape index (κ3) is 7.95. The maximum Gasteiger partial charge on any atom is 0.331 e. The molecular weight excluding hydrogens is 332 g/mol. The molecule has 2 rings (SSSR count). The second-order valence-electron chi connectivity index (χ2n) is 6.73. The number of ether oxygens (including phenoxy) is 1. The van der Waals surface area contributed by atoms with Crippen molar-refractivity contribution in [1.82, 2.24) is 0 Å². The predicted octanol–water partition coefficient (Wildman–Crippen LogP) is 2.30. The van der Waals surface area contributed by atoms with E-state index in [1.54, 1.807) is 18.2 Å². The van der Waals surface area contributed by atoms with Crippen LogP contribution in [0.5, 0.6) is 0 Å². The van der Waals surface area contributed by atoms with Crippen LogP contribution in [0.1, 0.15) is 37.7 Å². The van der Waals surface area contributed by atoms with Gasteiger partial charge in [0.15, 0.2) is 0 Å². The quantitative estimate of drug-likeness (QED) is 0.440. The normalized spacial score (nSPS) is 20.7. The van der Waals surface area contributed by atoms with Crippen LogP contribution in [0, 0.1) is 0 Å². The topological polar surface area (TPSA) is 87.0 Å². The van der Waals surface area contributed by atoms with E-state index >= 15 is 0 Å².